The minimum Gasteiger partial charge on any atom is -0.381 e. The van der Waals surface area contributed by atoms with Crippen molar-refractivity contribution in [2.24, 2.45) is 0 Å². The number of nitrogen functional groups attached to an aromatic ring is 1. The molecule has 2 N–H and O–H groups in total. The number of aromatic nitrogens is 3. The molecule has 1 atom stereocenters. The Morgan fingerprint density at radius 3 is 3.21 bits per heavy atom. The van der Waals surface area contributed by atoms with Crippen molar-refractivity contribution >= 4 is 5.82 Å². The van der Waals surface area contributed by atoms with Gasteiger partial charge in [-0.15, -0.1) is 5.10 Å². The molecule has 2 heterocycles. The van der Waals surface area contributed by atoms with Crippen LogP contribution in [-0.4, -0.2) is 52.7 Å². The van der Waals surface area contributed by atoms with E-state index in [4.69, 9.17) is 10.5 Å². The van der Waals surface area contributed by atoms with Gasteiger partial charge in [0.1, 0.15) is 0 Å². The lowest BCUT2D eigenvalue weighted by atomic mass is 10.3. The second-order valence-electron chi connectivity index (χ2n) is 3.62. The zero-order chi connectivity index (χ0) is 9.97. The van der Waals surface area contributed by atoms with E-state index in [0.29, 0.717) is 12.4 Å². The number of morpholine rings is 1. The predicted molar refractivity (Wildman–Crippen MR) is 51.7 cm³/mol. The first kappa shape index (κ1) is 9.42. The number of rotatable bonds is 2. The van der Waals surface area contributed by atoms with E-state index in [0.717, 1.165) is 19.7 Å². The van der Waals surface area contributed by atoms with Crippen LogP contribution in [0.2, 0.25) is 0 Å². The summed E-state index contributed by atoms with van der Waals surface area (Å²) < 4.78 is 7.31. The van der Waals surface area contributed by atoms with Crippen LogP contribution in [0, 0.1) is 0 Å². The third kappa shape index (κ3) is 2.21. The highest BCUT2D eigenvalue weighted by molar-refractivity contribution is 5.19. The molecule has 6 nitrogen and oxygen atoms in total. The molecule has 0 aromatic carbocycles. The Kier molecular flexibility index (Phi) is 2.64. The van der Waals surface area contributed by atoms with Crippen LogP contribution in [0.25, 0.3) is 0 Å². The Balaban J connectivity index is 1.90. The molecule has 6 heteroatoms. The van der Waals surface area contributed by atoms with Crippen molar-refractivity contribution in [3.63, 3.8) is 0 Å². The van der Waals surface area contributed by atoms with Crippen molar-refractivity contribution in [1.82, 2.24) is 19.9 Å². The van der Waals surface area contributed by atoms with Crippen LogP contribution >= 0.6 is 0 Å². The number of ether oxygens (including phenoxy) is 1. The molecule has 1 aliphatic rings. The molecule has 2 rings (SSSR count). The summed E-state index contributed by atoms with van der Waals surface area (Å²) in [6.45, 7) is 3.43. The summed E-state index contributed by atoms with van der Waals surface area (Å²) >= 11 is 0. The summed E-state index contributed by atoms with van der Waals surface area (Å²) in [5.41, 5.74) is 5.47. The number of hydrogen-bond acceptors (Lipinski definition) is 5. The summed E-state index contributed by atoms with van der Waals surface area (Å²) in [4.78, 5) is 2.24. The average molecular weight is 197 g/mol. The van der Waals surface area contributed by atoms with Crippen molar-refractivity contribution in [3.05, 3.63) is 6.20 Å². The second kappa shape index (κ2) is 3.93. The van der Waals surface area contributed by atoms with Crippen LogP contribution in [0.1, 0.15) is 0 Å². The maximum Gasteiger partial charge on any atom is 0.165 e. The minimum absolute atomic E-state index is 0.190. The maximum absolute atomic E-state index is 5.59. The molecular weight excluding hydrogens is 182 g/mol. The number of nitrogens with two attached hydrogens (primary N) is 1. The summed E-state index contributed by atoms with van der Waals surface area (Å²) in [5, 5.41) is 7.60. The topological polar surface area (TPSA) is 69.2 Å². The van der Waals surface area contributed by atoms with Gasteiger partial charge in [0, 0.05) is 13.1 Å². The Bertz CT molecular complexity index is 300. The van der Waals surface area contributed by atoms with E-state index in [1.54, 1.807) is 10.9 Å². The van der Waals surface area contributed by atoms with Crippen LogP contribution in [0.5, 0.6) is 0 Å². The molecule has 0 saturated carbocycles. The van der Waals surface area contributed by atoms with Gasteiger partial charge in [-0.25, -0.2) is 4.68 Å². The van der Waals surface area contributed by atoms with Gasteiger partial charge >= 0.3 is 0 Å². The van der Waals surface area contributed by atoms with E-state index < -0.39 is 0 Å². The molecule has 1 aromatic rings. The molecule has 1 saturated heterocycles. The molecule has 1 aromatic heterocycles. The van der Waals surface area contributed by atoms with Crippen molar-refractivity contribution in [1.29, 1.82) is 0 Å². The minimum atomic E-state index is 0.190. The van der Waals surface area contributed by atoms with E-state index in [1.165, 1.54) is 0 Å². The van der Waals surface area contributed by atoms with Gasteiger partial charge in [0.15, 0.2) is 5.82 Å². The van der Waals surface area contributed by atoms with E-state index in [9.17, 15) is 0 Å². The molecular formula is C8H15N5O. The average Bonchev–Trinajstić information content (AvgIpc) is 2.51. The van der Waals surface area contributed by atoms with Crippen LogP contribution in [0.15, 0.2) is 6.20 Å². The Morgan fingerprint density at radius 2 is 2.57 bits per heavy atom. The lowest BCUT2D eigenvalue weighted by Gasteiger charge is -2.29. The third-order valence-corrected chi connectivity index (χ3v) is 2.29. The summed E-state index contributed by atoms with van der Waals surface area (Å²) in [6.07, 6.45) is 1.91. The molecule has 1 aliphatic heterocycles. The number of hydrogen-bond donors (Lipinski definition) is 1. The highest BCUT2D eigenvalue weighted by Gasteiger charge is 2.18. The molecule has 0 radical (unpaired) electrons. The van der Waals surface area contributed by atoms with Gasteiger partial charge in [-0.1, -0.05) is 5.21 Å². The van der Waals surface area contributed by atoms with Crippen LogP contribution in [0.3, 0.4) is 0 Å². The third-order valence-electron chi connectivity index (χ3n) is 2.29. The second-order valence-corrected chi connectivity index (χ2v) is 3.62. The van der Waals surface area contributed by atoms with Gasteiger partial charge < -0.3 is 15.4 Å². The van der Waals surface area contributed by atoms with Gasteiger partial charge in [-0.2, -0.15) is 0 Å². The summed E-state index contributed by atoms with van der Waals surface area (Å²) in [7, 11) is 2.09. The van der Waals surface area contributed by atoms with Gasteiger partial charge in [0.05, 0.1) is 25.5 Å². The van der Waals surface area contributed by atoms with E-state index in [-0.39, 0.29) is 6.10 Å². The molecule has 1 fully saturated rings. The zero-order valence-electron chi connectivity index (χ0n) is 8.26. The molecule has 0 amide bonds. The fraction of sp³-hybridized carbons (Fsp3) is 0.750. The monoisotopic (exact) mass is 197 g/mol. The zero-order valence-corrected chi connectivity index (χ0v) is 8.26. The fourth-order valence-electron chi connectivity index (χ4n) is 1.59. The highest BCUT2D eigenvalue weighted by atomic mass is 16.5. The molecule has 78 valence electrons. The van der Waals surface area contributed by atoms with E-state index in [1.807, 2.05) is 0 Å². The van der Waals surface area contributed by atoms with Crippen molar-refractivity contribution in [2.75, 3.05) is 32.5 Å². The SMILES string of the molecule is CN1CCOC(Cn2cc(N)nn2)C1. The first-order valence-corrected chi connectivity index (χ1v) is 4.70. The van der Waals surface area contributed by atoms with E-state index >= 15 is 0 Å². The smallest absolute Gasteiger partial charge is 0.165 e. The predicted octanol–water partition coefficient (Wildman–Crippen LogP) is -0.809. The van der Waals surface area contributed by atoms with Crippen LogP contribution in [-0.2, 0) is 11.3 Å². The molecule has 1 unspecified atom stereocenters. The van der Waals surface area contributed by atoms with Gasteiger partial charge in [-0.3, -0.25) is 0 Å². The molecule has 0 spiro atoms. The lowest BCUT2D eigenvalue weighted by molar-refractivity contribution is -0.0292. The van der Waals surface area contributed by atoms with Crippen molar-refractivity contribution < 1.29 is 4.74 Å². The highest BCUT2D eigenvalue weighted by Crippen LogP contribution is 2.05. The first-order valence-electron chi connectivity index (χ1n) is 4.70. The van der Waals surface area contributed by atoms with Gasteiger partial charge in [0.25, 0.3) is 0 Å². The van der Waals surface area contributed by atoms with Gasteiger partial charge in [-0.05, 0) is 7.05 Å². The Labute approximate surface area is 82.6 Å². The molecule has 0 bridgehead atoms. The van der Waals surface area contributed by atoms with Gasteiger partial charge in [0.2, 0.25) is 0 Å². The van der Waals surface area contributed by atoms with Crippen molar-refractivity contribution in [3.8, 4) is 0 Å². The Hall–Kier alpha value is -1.14. The quantitative estimate of drug-likeness (QED) is 0.671. The largest absolute Gasteiger partial charge is 0.381 e. The normalized spacial score (nSPS) is 23.9. The molecule has 14 heavy (non-hydrogen) atoms. The molecule has 0 aliphatic carbocycles. The standard InChI is InChI=1S/C8H15N5O/c1-12-2-3-14-7(4-12)5-13-6-8(9)10-11-13/h6-7H,2-5,9H2,1H3. The first-order chi connectivity index (χ1) is 6.74. The summed E-state index contributed by atoms with van der Waals surface area (Å²) in [5.74, 6) is 0.453. The van der Waals surface area contributed by atoms with E-state index in [2.05, 4.69) is 22.3 Å². The number of likely N-dealkylation sites (N-methyl/N-ethyl adjacent to an activating group) is 1. The van der Waals surface area contributed by atoms with Crippen LogP contribution in [0.4, 0.5) is 5.82 Å². The fourth-order valence-corrected chi connectivity index (χ4v) is 1.59. The summed E-state index contributed by atoms with van der Waals surface area (Å²) in [6, 6.07) is 0. The van der Waals surface area contributed by atoms with Crippen molar-refractivity contribution in [2.45, 2.75) is 12.6 Å². The number of nitrogens with zero attached hydrogens (tertiary/aromatic N) is 4. The lowest BCUT2D eigenvalue weighted by Crippen LogP contribution is -2.42. The Morgan fingerprint density at radius 1 is 1.71 bits per heavy atom. The number of anilines is 1. The maximum atomic E-state index is 5.59. The van der Waals surface area contributed by atoms with Crippen LogP contribution < -0.4 is 5.73 Å².